The molecule has 8 heteroatoms. The van der Waals surface area contributed by atoms with Crippen molar-refractivity contribution < 1.29 is 17.6 Å². The van der Waals surface area contributed by atoms with E-state index in [0.29, 0.717) is 5.69 Å². The Balaban J connectivity index is 2.25. The molecule has 104 valence electrons. The fraction of sp³-hybridized carbons (Fsp3) is 0. The highest BCUT2D eigenvalue weighted by atomic mass is 32.2. The van der Waals surface area contributed by atoms with E-state index in [-0.39, 0.29) is 0 Å². The summed E-state index contributed by atoms with van der Waals surface area (Å²) in [5.74, 6) is 0. The second kappa shape index (κ2) is 5.68. The quantitative estimate of drug-likeness (QED) is 0.671. The Hall–Kier alpha value is -2.45. The van der Waals surface area contributed by atoms with E-state index >= 15 is 0 Å². The number of benzene rings is 2. The molecule has 0 aliphatic heterocycles. The predicted octanol–water partition coefficient (Wildman–Crippen LogP) is 2.33. The number of hydrogen-bond acceptors (Lipinski definition) is 6. The second-order valence-corrected chi connectivity index (χ2v) is 5.25. The van der Waals surface area contributed by atoms with Crippen molar-refractivity contribution in [2.75, 3.05) is 5.48 Å². The highest BCUT2D eigenvalue weighted by Gasteiger charge is 2.26. The molecule has 0 aromatic heterocycles. The number of rotatable bonds is 5. The Morgan fingerprint density at radius 2 is 1.60 bits per heavy atom. The molecule has 0 atom stereocenters. The van der Waals surface area contributed by atoms with Crippen LogP contribution < -0.4 is 5.48 Å². The van der Waals surface area contributed by atoms with Crippen LogP contribution in [0.1, 0.15) is 0 Å². The van der Waals surface area contributed by atoms with Gasteiger partial charge in [0.1, 0.15) is 0 Å². The van der Waals surface area contributed by atoms with E-state index in [1.165, 1.54) is 12.1 Å². The summed E-state index contributed by atoms with van der Waals surface area (Å²) in [5.41, 5.74) is 2.11. The van der Waals surface area contributed by atoms with E-state index in [1.54, 1.807) is 30.3 Å². The number of nitro benzene ring substituents is 1. The molecule has 0 heterocycles. The molecule has 0 unspecified atom stereocenters. The molecule has 0 saturated heterocycles. The Labute approximate surface area is 115 Å². The lowest BCUT2D eigenvalue weighted by Crippen LogP contribution is -2.13. The Morgan fingerprint density at radius 1 is 1.00 bits per heavy atom. The number of anilines is 1. The average molecular weight is 294 g/mol. The van der Waals surface area contributed by atoms with Gasteiger partial charge in [0.05, 0.1) is 10.6 Å². The summed E-state index contributed by atoms with van der Waals surface area (Å²) in [6.45, 7) is 0. The third-order valence-electron chi connectivity index (χ3n) is 2.37. The lowest BCUT2D eigenvalue weighted by atomic mass is 10.3. The molecule has 7 nitrogen and oxygen atoms in total. The van der Waals surface area contributed by atoms with Gasteiger partial charge < -0.3 is 0 Å². The van der Waals surface area contributed by atoms with Crippen LogP contribution in [0.25, 0.3) is 0 Å². The molecule has 0 spiro atoms. The van der Waals surface area contributed by atoms with Crippen molar-refractivity contribution in [3.05, 3.63) is 64.7 Å². The fourth-order valence-corrected chi connectivity index (χ4v) is 2.41. The zero-order valence-electron chi connectivity index (χ0n) is 10.1. The van der Waals surface area contributed by atoms with Gasteiger partial charge in [-0.1, -0.05) is 30.3 Å². The normalized spacial score (nSPS) is 11.0. The van der Waals surface area contributed by atoms with Crippen LogP contribution in [0.4, 0.5) is 11.4 Å². The molecule has 0 aliphatic carbocycles. The Kier molecular flexibility index (Phi) is 3.97. The van der Waals surface area contributed by atoms with Gasteiger partial charge in [-0.05, 0) is 18.2 Å². The molecule has 1 N–H and O–H groups in total. The van der Waals surface area contributed by atoms with Crippen LogP contribution >= 0.6 is 0 Å². The lowest BCUT2D eigenvalue weighted by molar-refractivity contribution is -0.387. The van der Waals surface area contributed by atoms with Crippen LogP contribution in [-0.2, 0) is 14.4 Å². The topological polar surface area (TPSA) is 98.5 Å². The number of nitro groups is 1. The third kappa shape index (κ3) is 3.11. The smallest absolute Gasteiger partial charge is 0.258 e. The fourth-order valence-electron chi connectivity index (χ4n) is 1.47. The molecule has 0 fully saturated rings. The molecule has 2 aromatic rings. The highest BCUT2D eigenvalue weighted by Crippen LogP contribution is 2.24. The predicted molar refractivity (Wildman–Crippen MR) is 71.4 cm³/mol. The maximum atomic E-state index is 11.9. The van der Waals surface area contributed by atoms with E-state index in [4.69, 9.17) is 0 Å². The van der Waals surface area contributed by atoms with Crippen LogP contribution in [0.2, 0.25) is 0 Å². The summed E-state index contributed by atoms with van der Waals surface area (Å²) in [5, 5.41) is 10.8. The van der Waals surface area contributed by atoms with Crippen molar-refractivity contribution in [1.82, 2.24) is 0 Å². The molecule has 2 aromatic carbocycles. The van der Waals surface area contributed by atoms with E-state index in [0.717, 1.165) is 12.1 Å². The minimum atomic E-state index is -4.29. The van der Waals surface area contributed by atoms with Gasteiger partial charge in [0, 0.05) is 6.07 Å². The largest absolute Gasteiger partial charge is 0.324 e. The Bertz CT molecular complexity index is 716. The molecule has 0 bridgehead atoms. The number of nitrogens with one attached hydrogen (secondary N) is 1. The van der Waals surface area contributed by atoms with Gasteiger partial charge in [-0.3, -0.25) is 10.1 Å². The van der Waals surface area contributed by atoms with Crippen molar-refractivity contribution in [1.29, 1.82) is 0 Å². The standard InChI is InChI=1S/C12H10N2O5S/c15-14(16)11-8-4-5-9-12(11)20(17,18)19-13-10-6-2-1-3-7-10/h1-9,13H. The zero-order valence-corrected chi connectivity index (χ0v) is 10.9. The van der Waals surface area contributed by atoms with Crippen LogP contribution in [0, 0.1) is 10.1 Å². The molecule has 0 radical (unpaired) electrons. The monoisotopic (exact) mass is 294 g/mol. The summed E-state index contributed by atoms with van der Waals surface area (Å²) >= 11 is 0. The van der Waals surface area contributed by atoms with Crippen molar-refractivity contribution >= 4 is 21.5 Å². The summed E-state index contributed by atoms with van der Waals surface area (Å²) in [7, 11) is -4.29. The minimum absolute atomic E-state index is 0.412. The first kappa shape index (κ1) is 14.0. The number of nitrogens with zero attached hydrogens (tertiary/aromatic N) is 1. The van der Waals surface area contributed by atoms with Crippen molar-refractivity contribution in [3.63, 3.8) is 0 Å². The van der Waals surface area contributed by atoms with Crippen LogP contribution in [-0.4, -0.2) is 13.3 Å². The Morgan fingerprint density at radius 3 is 2.25 bits per heavy atom. The van der Waals surface area contributed by atoms with Gasteiger partial charge in [-0.15, -0.1) is 4.28 Å². The molecular weight excluding hydrogens is 284 g/mol. The summed E-state index contributed by atoms with van der Waals surface area (Å²) in [6.07, 6.45) is 0. The van der Waals surface area contributed by atoms with E-state index in [9.17, 15) is 18.5 Å². The highest BCUT2D eigenvalue weighted by molar-refractivity contribution is 7.87. The second-order valence-electron chi connectivity index (χ2n) is 3.73. The maximum absolute atomic E-state index is 11.9. The van der Waals surface area contributed by atoms with Gasteiger partial charge in [0.25, 0.3) is 5.69 Å². The van der Waals surface area contributed by atoms with Crippen molar-refractivity contribution in [3.8, 4) is 0 Å². The molecule has 0 saturated carbocycles. The van der Waals surface area contributed by atoms with Crippen LogP contribution in [0.15, 0.2) is 59.5 Å². The SMILES string of the molecule is O=[N+]([O-])c1ccccc1S(=O)(=O)ONc1ccccc1. The minimum Gasteiger partial charge on any atom is -0.258 e. The molecule has 20 heavy (non-hydrogen) atoms. The third-order valence-corrected chi connectivity index (χ3v) is 3.56. The van der Waals surface area contributed by atoms with Gasteiger partial charge >= 0.3 is 10.1 Å². The van der Waals surface area contributed by atoms with Crippen molar-refractivity contribution in [2.24, 2.45) is 0 Å². The lowest BCUT2D eigenvalue weighted by Gasteiger charge is -2.07. The summed E-state index contributed by atoms with van der Waals surface area (Å²) in [6, 6.07) is 13.3. The maximum Gasteiger partial charge on any atom is 0.324 e. The van der Waals surface area contributed by atoms with Crippen LogP contribution in [0.3, 0.4) is 0 Å². The molecule has 2 rings (SSSR count). The first-order valence-electron chi connectivity index (χ1n) is 5.49. The van der Waals surface area contributed by atoms with E-state index in [1.807, 2.05) is 0 Å². The average Bonchev–Trinajstić information content (AvgIpc) is 2.46. The van der Waals surface area contributed by atoms with Crippen molar-refractivity contribution in [2.45, 2.75) is 4.90 Å². The van der Waals surface area contributed by atoms with Gasteiger partial charge in [0.2, 0.25) is 0 Å². The zero-order chi connectivity index (χ0) is 14.6. The molecule has 0 aliphatic rings. The van der Waals surface area contributed by atoms with Gasteiger partial charge in [0.15, 0.2) is 4.90 Å². The first-order valence-corrected chi connectivity index (χ1v) is 6.89. The summed E-state index contributed by atoms with van der Waals surface area (Å²) in [4.78, 5) is 9.52. The number of para-hydroxylation sites is 2. The molecular formula is C12H10N2O5S. The van der Waals surface area contributed by atoms with Gasteiger partial charge in [-0.2, -0.15) is 8.42 Å². The summed E-state index contributed by atoms with van der Waals surface area (Å²) < 4.78 is 28.5. The molecule has 0 amide bonds. The van der Waals surface area contributed by atoms with E-state index < -0.39 is 25.6 Å². The first-order chi connectivity index (χ1) is 9.50. The number of hydrogen-bond donors (Lipinski definition) is 1. The van der Waals surface area contributed by atoms with Gasteiger partial charge in [-0.25, -0.2) is 5.48 Å². The van der Waals surface area contributed by atoms with E-state index in [2.05, 4.69) is 9.76 Å². The van der Waals surface area contributed by atoms with Crippen LogP contribution in [0.5, 0.6) is 0 Å².